The van der Waals surface area contributed by atoms with E-state index in [1.165, 1.54) is 23.5 Å². The first kappa shape index (κ1) is 17.0. The van der Waals surface area contributed by atoms with Gasteiger partial charge in [0.25, 0.3) is 5.91 Å². The van der Waals surface area contributed by atoms with Crippen molar-refractivity contribution in [3.05, 3.63) is 56.2 Å². The molecule has 0 spiro atoms. The van der Waals surface area contributed by atoms with Gasteiger partial charge in [0.15, 0.2) is 0 Å². The van der Waals surface area contributed by atoms with E-state index in [-0.39, 0.29) is 12.5 Å². The van der Waals surface area contributed by atoms with Gasteiger partial charge in [-0.25, -0.2) is 0 Å². The van der Waals surface area contributed by atoms with Crippen LogP contribution in [0, 0.1) is 0 Å². The molecule has 8 heteroatoms. The number of aliphatic hydroxyl groups excluding tert-OH is 1. The molecule has 0 radical (unpaired) electrons. The van der Waals surface area contributed by atoms with Gasteiger partial charge in [0, 0.05) is 16.4 Å². The summed E-state index contributed by atoms with van der Waals surface area (Å²) < 4.78 is 38.1. The van der Waals surface area contributed by atoms with Crippen molar-refractivity contribution in [2.75, 3.05) is 6.54 Å². The van der Waals surface area contributed by atoms with Gasteiger partial charge in [0.1, 0.15) is 0 Å². The molecule has 118 valence electrons. The van der Waals surface area contributed by atoms with Gasteiger partial charge in [-0.15, -0.1) is 11.3 Å². The normalized spacial score (nSPS) is 13.0. The second-order valence-corrected chi connectivity index (χ2v) is 6.30. The van der Waals surface area contributed by atoms with Crippen LogP contribution in [-0.4, -0.2) is 17.6 Å². The van der Waals surface area contributed by atoms with Crippen molar-refractivity contribution in [1.29, 1.82) is 0 Å². The third-order valence-electron chi connectivity index (χ3n) is 2.87. The van der Waals surface area contributed by atoms with E-state index in [1.54, 1.807) is 11.4 Å². The zero-order valence-electron chi connectivity index (χ0n) is 11.0. The Bertz CT molecular complexity index is 655. The topological polar surface area (TPSA) is 49.3 Å². The van der Waals surface area contributed by atoms with Gasteiger partial charge in [-0.2, -0.15) is 13.2 Å². The highest BCUT2D eigenvalue weighted by molar-refractivity contribution is 9.10. The summed E-state index contributed by atoms with van der Waals surface area (Å²) in [6, 6.07) is 5.83. The van der Waals surface area contributed by atoms with Crippen LogP contribution in [-0.2, 0) is 6.18 Å². The average molecular weight is 394 g/mol. The summed E-state index contributed by atoms with van der Waals surface area (Å²) in [5, 5.41) is 14.2. The highest BCUT2D eigenvalue weighted by Crippen LogP contribution is 2.29. The predicted molar refractivity (Wildman–Crippen MR) is 80.8 cm³/mol. The summed E-state index contributed by atoms with van der Waals surface area (Å²) in [4.78, 5) is 12.3. The number of carbonyl (C=O) groups excluding carboxylic acids is 1. The van der Waals surface area contributed by atoms with Gasteiger partial charge in [-0.1, -0.05) is 12.1 Å². The minimum absolute atomic E-state index is 0.0836. The fourth-order valence-corrected chi connectivity index (χ4v) is 3.06. The second kappa shape index (κ2) is 6.80. The number of halogens is 4. The molecule has 1 aromatic carbocycles. The highest BCUT2D eigenvalue weighted by atomic mass is 79.9. The molecule has 2 aromatic rings. The molecule has 0 unspecified atom stereocenters. The molecule has 0 aliphatic heterocycles. The van der Waals surface area contributed by atoms with Crippen LogP contribution in [0.3, 0.4) is 0 Å². The molecule has 3 nitrogen and oxygen atoms in total. The van der Waals surface area contributed by atoms with Crippen molar-refractivity contribution in [3.8, 4) is 0 Å². The Morgan fingerprint density at radius 1 is 1.32 bits per heavy atom. The number of carbonyl (C=O) groups is 1. The van der Waals surface area contributed by atoms with E-state index in [1.807, 2.05) is 0 Å². The molecule has 0 saturated carbocycles. The van der Waals surface area contributed by atoms with Gasteiger partial charge < -0.3 is 10.4 Å². The SMILES string of the molecule is O=C(NC[C@@H](O)c1ccc(C(F)(F)F)cc1)c1cc(Br)cs1. The molecule has 22 heavy (non-hydrogen) atoms. The quantitative estimate of drug-likeness (QED) is 0.824. The number of benzene rings is 1. The van der Waals surface area contributed by atoms with E-state index in [2.05, 4.69) is 21.2 Å². The zero-order chi connectivity index (χ0) is 16.3. The minimum atomic E-state index is -4.41. The first-order valence-electron chi connectivity index (χ1n) is 6.15. The molecular formula is C14H11BrF3NO2S. The number of nitrogens with one attached hydrogen (secondary N) is 1. The predicted octanol–water partition coefficient (Wildman–Crippen LogP) is 3.99. The molecule has 0 fully saturated rings. The summed E-state index contributed by atoms with van der Waals surface area (Å²) in [5.41, 5.74) is -0.475. The number of amides is 1. The zero-order valence-corrected chi connectivity index (χ0v) is 13.4. The summed E-state index contributed by atoms with van der Waals surface area (Å²) in [7, 11) is 0. The van der Waals surface area contributed by atoms with Crippen molar-refractivity contribution >= 4 is 33.2 Å². The van der Waals surface area contributed by atoms with Crippen LogP contribution in [0.5, 0.6) is 0 Å². The summed E-state index contributed by atoms with van der Waals surface area (Å²) in [6.45, 7) is -0.0836. The Hall–Kier alpha value is -1.38. The summed E-state index contributed by atoms with van der Waals surface area (Å²) in [6.07, 6.45) is -5.49. The Morgan fingerprint density at radius 2 is 1.95 bits per heavy atom. The first-order chi connectivity index (χ1) is 10.3. The lowest BCUT2D eigenvalue weighted by molar-refractivity contribution is -0.137. The van der Waals surface area contributed by atoms with Crippen LogP contribution >= 0.6 is 27.3 Å². The summed E-state index contributed by atoms with van der Waals surface area (Å²) in [5.74, 6) is -0.346. The van der Waals surface area contributed by atoms with Gasteiger partial charge in [0.05, 0.1) is 16.5 Å². The number of rotatable bonds is 4. The van der Waals surface area contributed by atoms with Crippen molar-refractivity contribution in [2.45, 2.75) is 12.3 Å². The largest absolute Gasteiger partial charge is 0.416 e. The molecule has 1 aromatic heterocycles. The van der Waals surface area contributed by atoms with E-state index in [4.69, 9.17) is 0 Å². The van der Waals surface area contributed by atoms with Gasteiger partial charge >= 0.3 is 6.18 Å². The number of hydrogen-bond acceptors (Lipinski definition) is 3. The fraction of sp³-hybridized carbons (Fsp3) is 0.214. The first-order valence-corrected chi connectivity index (χ1v) is 7.82. The number of alkyl halides is 3. The molecule has 2 N–H and O–H groups in total. The van der Waals surface area contributed by atoms with Gasteiger partial charge in [-0.3, -0.25) is 4.79 Å². The van der Waals surface area contributed by atoms with Crippen molar-refractivity contribution in [1.82, 2.24) is 5.32 Å². The van der Waals surface area contributed by atoms with Gasteiger partial charge in [0.2, 0.25) is 0 Å². The van der Waals surface area contributed by atoms with Crippen LogP contribution < -0.4 is 5.32 Å². The lowest BCUT2D eigenvalue weighted by atomic mass is 10.1. The third-order valence-corrected chi connectivity index (χ3v) is 4.56. The molecule has 0 aliphatic carbocycles. The standard InChI is InChI=1S/C14H11BrF3NO2S/c15-10-5-12(22-7-10)13(21)19-6-11(20)8-1-3-9(4-2-8)14(16,17)18/h1-5,7,11,20H,6H2,(H,19,21)/t11-/m1/s1. The molecule has 0 saturated heterocycles. The molecular weight excluding hydrogens is 383 g/mol. The maximum absolute atomic E-state index is 12.4. The fourth-order valence-electron chi connectivity index (χ4n) is 1.72. The average Bonchev–Trinajstić information content (AvgIpc) is 2.90. The smallest absolute Gasteiger partial charge is 0.387 e. The summed E-state index contributed by atoms with van der Waals surface area (Å²) >= 11 is 4.47. The van der Waals surface area contributed by atoms with Crippen LogP contribution in [0.4, 0.5) is 13.2 Å². The van der Waals surface area contributed by atoms with Crippen LogP contribution in [0.1, 0.15) is 26.9 Å². The second-order valence-electron chi connectivity index (χ2n) is 4.47. The van der Waals surface area contributed by atoms with Crippen LogP contribution in [0.2, 0.25) is 0 Å². The Balaban J connectivity index is 1.95. The Labute approximate surface area is 136 Å². The highest BCUT2D eigenvalue weighted by Gasteiger charge is 2.30. The molecule has 0 aliphatic rings. The monoisotopic (exact) mass is 393 g/mol. The number of thiophene rings is 1. The van der Waals surface area contributed by atoms with E-state index in [9.17, 15) is 23.1 Å². The van der Waals surface area contributed by atoms with E-state index >= 15 is 0 Å². The Kier molecular flexibility index (Phi) is 5.25. The number of aliphatic hydroxyl groups is 1. The van der Waals surface area contributed by atoms with Gasteiger partial charge in [-0.05, 0) is 39.7 Å². The molecule has 2 rings (SSSR count). The van der Waals surface area contributed by atoms with E-state index in [0.717, 1.165) is 16.6 Å². The maximum atomic E-state index is 12.4. The van der Waals surface area contributed by atoms with Crippen molar-refractivity contribution in [2.24, 2.45) is 0 Å². The van der Waals surface area contributed by atoms with Crippen molar-refractivity contribution < 1.29 is 23.1 Å². The molecule has 1 atom stereocenters. The lowest BCUT2D eigenvalue weighted by Gasteiger charge is -2.13. The third kappa shape index (κ3) is 4.31. The molecule has 1 amide bonds. The van der Waals surface area contributed by atoms with Crippen LogP contribution in [0.15, 0.2) is 40.2 Å². The maximum Gasteiger partial charge on any atom is 0.416 e. The molecule has 0 bridgehead atoms. The van der Waals surface area contributed by atoms with Crippen molar-refractivity contribution in [3.63, 3.8) is 0 Å². The van der Waals surface area contributed by atoms with E-state index in [0.29, 0.717) is 10.4 Å². The van der Waals surface area contributed by atoms with E-state index < -0.39 is 17.8 Å². The lowest BCUT2D eigenvalue weighted by Crippen LogP contribution is -2.27. The number of hydrogen-bond donors (Lipinski definition) is 2. The molecule has 1 heterocycles. The van der Waals surface area contributed by atoms with Crippen LogP contribution in [0.25, 0.3) is 0 Å². The minimum Gasteiger partial charge on any atom is -0.387 e. The Morgan fingerprint density at radius 3 is 2.45 bits per heavy atom.